The van der Waals surface area contributed by atoms with Crippen molar-refractivity contribution in [3.63, 3.8) is 0 Å². The molecule has 0 radical (unpaired) electrons. The van der Waals surface area contributed by atoms with Crippen molar-refractivity contribution in [1.29, 1.82) is 0 Å². The summed E-state index contributed by atoms with van der Waals surface area (Å²) in [6.45, 7) is 0. The summed E-state index contributed by atoms with van der Waals surface area (Å²) in [5.74, 6) is 0. The Morgan fingerprint density at radius 1 is 0.171 bits per heavy atom. The number of hydrogen-bond acceptors (Lipinski definition) is 2. The molecule has 0 amide bonds. The van der Waals surface area contributed by atoms with E-state index < -0.39 is 0 Å². The molecular weight excluding hydrogens is 845 g/mol. The minimum atomic E-state index is 1.08. The maximum absolute atomic E-state index is 2.38. The zero-order chi connectivity index (χ0) is 46.6. The van der Waals surface area contributed by atoms with Crippen LogP contribution in [0.3, 0.4) is 0 Å². The lowest BCUT2D eigenvalue weighted by atomic mass is 9.93. The Hall–Kier alpha value is -9.24. The molecule has 12 aromatic rings. The van der Waals surface area contributed by atoms with Crippen molar-refractivity contribution in [2.24, 2.45) is 0 Å². The molecule has 0 heterocycles. The van der Waals surface area contributed by atoms with Crippen molar-refractivity contribution in [2.75, 3.05) is 9.80 Å². The summed E-state index contributed by atoms with van der Waals surface area (Å²) >= 11 is 0. The fraction of sp³-hybridized carbons (Fsp3) is 0. The molecule has 0 aliphatic heterocycles. The third-order valence-electron chi connectivity index (χ3n) is 13.4. The van der Waals surface area contributed by atoms with E-state index in [0.29, 0.717) is 0 Å². The highest BCUT2D eigenvalue weighted by Gasteiger charge is 2.18. The number of fused-ring (bicyclic) bond motifs is 2. The van der Waals surface area contributed by atoms with Crippen LogP contribution < -0.4 is 9.80 Å². The Bertz CT molecular complexity index is 3650. The summed E-state index contributed by atoms with van der Waals surface area (Å²) in [7, 11) is 0. The fourth-order valence-corrected chi connectivity index (χ4v) is 9.82. The maximum atomic E-state index is 2.38. The van der Waals surface area contributed by atoms with E-state index in [9.17, 15) is 0 Å². The van der Waals surface area contributed by atoms with Gasteiger partial charge in [0.05, 0.1) is 5.69 Å². The van der Waals surface area contributed by atoms with Gasteiger partial charge in [-0.05, 0) is 157 Å². The highest BCUT2D eigenvalue weighted by molar-refractivity contribution is 6.00. The first-order valence-corrected chi connectivity index (χ1v) is 24.0. The lowest BCUT2D eigenvalue weighted by Crippen LogP contribution is -2.10. The summed E-state index contributed by atoms with van der Waals surface area (Å²) in [4.78, 5) is 4.74. The van der Waals surface area contributed by atoms with Gasteiger partial charge in [-0.25, -0.2) is 0 Å². The Morgan fingerprint density at radius 3 is 0.971 bits per heavy atom. The molecule has 330 valence electrons. The molecule has 12 aromatic carbocycles. The molecule has 0 aliphatic rings. The molecule has 0 aliphatic carbocycles. The molecule has 0 atom stereocenters. The normalized spacial score (nSPS) is 11.1. The van der Waals surface area contributed by atoms with Crippen LogP contribution in [0.5, 0.6) is 0 Å². The zero-order valence-corrected chi connectivity index (χ0v) is 38.6. The monoisotopic (exact) mass is 892 g/mol. The largest absolute Gasteiger partial charge is 0.311 e. The van der Waals surface area contributed by atoms with E-state index in [1.54, 1.807) is 0 Å². The average Bonchev–Trinajstić information content (AvgIpc) is 3.44. The number of anilines is 6. The molecule has 2 nitrogen and oxygen atoms in total. The molecule has 0 spiro atoms. The first-order chi connectivity index (χ1) is 34.7. The van der Waals surface area contributed by atoms with Crippen molar-refractivity contribution in [3.05, 3.63) is 291 Å². The molecule has 0 saturated heterocycles. The molecular formula is C68H48N2. The SMILES string of the molecule is c1ccc(-c2ccc(N(c3ccc(-c4ccc(N(c5ccc6ccccc6c5)c5cccc6ccccc56)cc4)cc3)c3ccc(-c4cc(-c5ccccc5)cc(-c5ccccc5)c4)cc3)cc2)cc1. The van der Waals surface area contributed by atoms with E-state index in [0.717, 1.165) is 50.8 Å². The second-order valence-electron chi connectivity index (χ2n) is 17.8. The van der Waals surface area contributed by atoms with Crippen molar-refractivity contribution in [2.45, 2.75) is 0 Å². The number of nitrogens with zero attached hydrogens (tertiary/aromatic N) is 2. The Kier molecular flexibility index (Phi) is 11.3. The van der Waals surface area contributed by atoms with E-state index >= 15 is 0 Å². The molecule has 70 heavy (non-hydrogen) atoms. The van der Waals surface area contributed by atoms with Crippen LogP contribution >= 0.6 is 0 Å². The third-order valence-corrected chi connectivity index (χ3v) is 13.4. The summed E-state index contributed by atoms with van der Waals surface area (Å²) < 4.78 is 0. The van der Waals surface area contributed by atoms with Crippen LogP contribution in [0.1, 0.15) is 0 Å². The van der Waals surface area contributed by atoms with Crippen molar-refractivity contribution >= 4 is 55.7 Å². The fourth-order valence-electron chi connectivity index (χ4n) is 9.82. The van der Waals surface area contributed by atoms with E-state index in [2.05, 4.69) is 301 Å². The van der Waals surface area contributed by atoms with Crippen molar-refractivity contribution < 1.29 is 0 Å². The number of benzene rings is 12. The first kappa shape index (κ1) is 42.1. The van der Waals surface area contributed by atoms with Crippen LogP contribution in [0, 0.1) is 0 Å². The van der Waals surface area contributed by atoms with Crippen molar-refractivity contribution in [3.8, 4) is 55.6 Å². The molecule has 0 aromatic heterocycles. The lowest BCUT2D eigenvalue weighted by molar-refractivity contribution is 1.28. The maximum Gasteiger partial charge on any atom is 0.0540 e. The number of hydrogen-bond donors (Lipinski definition) is 0. The molecule has 12 rings (SSSR count). The van der Waals surface area contributed by atoms with Crippen LogP contribution in [0.2, 0.25) is 0 Å². The van der Waals surface area contributed by atoms with E-state index in [-0.39, 0.29) is 0 Å². The Morgan fingerprint density at radius 2 is 0.500 bits per heavy atom. The van der Waals surface area contributed by atoms with E-state index in [4.69, 9.17) is 0 Å². The van der Waals surface area contributed by atoms with Gasteiger partial charge in [0.2, 0.25) is 0 Å². The minimum Gasteiger partial charge on any atom is -0.311 e. The van der Waals surface area contributed by atoms with Crippen LogP contribution in [0.25, 0.3) is 77.2 Å². The smallest absolute Gasteiger partial charge is 0.0540 e. The molecule has 0 bridgehead atoms. The van der Waals surface area contributed by atoms with E-state index in [1.165, 1.54) is 60.5 Å². The van der Waals surface area contributed by atoms with Gasteiger partial charge in [-0.1, -0.05) is 206 Å². The van der Waals surface area contributed by atoms with Gasteiger partial charge in [0.1, 0.15) is 0 Å². The summed E-state index contributed by atoms with van der Waals surface area (Å²) in [6.07, 6.45) is 0. The molecule has 0 saturated carbocycles. The summed E-state index contributed by atoms with van der Waals surface area (Å²) in [5.41, 5.74) is 18.4. The molecule has 0 unspecified atom stereocenters. The quantitative estimate of drug-likeness (QED) is 0.128. The Labute approximate surface area is 410 Å². The van der Waals surface area contributed by atoms with Gasteiger partial charge in [0, 0.05) is 33.8 Å². The molecule has 0 N–H and O–H groups in total. The van der Waals surface area contributed by atoms with Crippen LogP contribution in [0.4, 0.5) is 34.1 Å². The predicted octanol–water partition coefficient (Wildman–Crippen LogP) is 19.3. The second-order valence-corrected chi connectivity index (χ2v) is 17.8. The van der Waals surface area contributed by atoms with Gasteiger partial charge in [0.15, 0.2) is 0 Å². The van der Waals surface area contributed by atoms with Gasteiger partial charge in [0.25, 0.3) is 0 Å². The van der Waals surface area contributed by atoms with Gasteiger partial charge in [-0.15, -0.1) is 0 Å². The van der Waals surface area contributed by atoms with E-state index in [1.807, 2.05) is 0 Å². The van der Waals surface area contributed by atoms with Gasteiger partial charge >= 0.3 is 0 Å². The Balaban J connectivity index is 0.892. The first-order valence-electron chi connectivity index (χ1n) is 24.0. The van der Waals surface area contributed by atoms with Gasteiger partial charge < -0.3 is 9.80 Å². The topological polar surface area (TPSA) is 6.48 Å². The number of rotatable bonds is 11. The minimum absolute atomic E-state index is 1.08. The summed E-state index contributed by atoms with van der Waals surface area (Å²) in [5, 5.41) is 4.86. The standard InChI is InChI=1S/C68H48N2/c1-4-15-49(16-5-1)53-27-36-62(37-28-53)69(64-40-33-56(34-41-64)61-46-59(50-17-6-2-7-18-50)45-60(47-61)51-19-8-3-9-20-51)63-38-29-54(30-39-63)55-31-42-65(43-32-55)70(66-44-35-52-21-10-11-23-58(52)48-66)68-26-14-24-57-22-12-13-25-67(57)68/h1-48H. The highest BCUT2D eigenvalue weighted by atomic mass is 15.1. The molecule has 2 heteroatoms. The van der Waals surface area contributed by atoms with Gasteiger partial charge in [-0.2, -0.15) is 0 Å². The molecule has 0 fully saturated rings. The van der Waals surface area contributed by atoms with Gasteiger partial charge in [-0.3, -0.25) is 0 Å². The van der Waals surface area contributed by atoms with Crippen LogP contribution in [-0.2, 0) is 0 Å². The highest BCUT2D eigenvalue weighted by Crippen LogP contribution is 2.42. The third kappa shape index (κ3) is 8.51. The lowest BCUT2D eigenvalue weighted by Gasteiger charge is -2.27. The van der Waals surface area contributed by atoms with Crippen LogP contribution in [-0.4, -0.2) is 0 Å². The van der Waals surface area contributed by atoms with Crippen LogP contribution in [0.15, 0.2) is 291 Å². The zero-order valence-electron chi connectivity index (χ0n) is 38.6. The predicted molar refractivity (Wildman–Crippen MR) is 298 cm³/mol. The summed E-state index contributed by atoms with van der Waals surface area (Å²) in [6, 6.07) is 105. The second kappa shape index (κ2) is 18.8. The average molecular weight is 893 g/mol. The van der Waals surface area contributed by atoms with Crippen molar-refractivity contribution in [1.82, 2.24) is 0 Å².